The van der Waals surface area contributed by atoms with Gasteiger partial charge in [-0.25, -0.2) is 9.67 Å². The topological polar surface area (TPSA) is 72.8 Å². The van der Waals surface area contributed by atoms with Crippen LogP contribution in [0.5, 0.6) is 5.75 Å². The Balaban J connectivity index is 1.91. The van der Waals surface area contributed by atoms with Gasteiger partial charge in [0, 0.05) is 11.4 Å². The molecule has 0 saturated heterocycles. The fourth-order valence-electron chi connectivity index (χ4n) is 3.41. The van der Waals surface area contributed by atoms with Crippen molar-refractivity contribution in [2.45, 2.75) is 26.2 Å². The number of hydrogen-bond acceptors (Lipinski definition) is 4. The second kappa shape index (κ2) is 8.54. The number of ether oxygens (including phenoxy) is 1. The Morgan fingerprint density at radius 1 is 1.10 bits per heavy atom. The van der Waals surface area contributed by atoms with E-state index in [1.807, 2.05) is 38.1 Å². The number of methoxy groups -OCH3 is 1. The highest BCUT2D eigenvalue weighted by molar-refractivity contribution is 6.40. The molecule has 0 aliphatic rings. The highest BCUT2D eigenvalue weighted by Crippen LogP contribution is 2.34. The van der Waals surface area contributed by atoms with Crippen LogP contribution in [0.3, 0.4) is 0 Å². The van der Waals surface area contributed by atoms with Crippen LogP contribution in [0.2, 0.25) is 15.1 Å². The van der Waals surface area contributed by atoms with Crippen molar-refractivity contribution >= 4 is 45.8 Å². The molecule has 6 nitrogen and oxygen atoms in total. The van der Waals surface area contributed by atoms with Gasteiger partial charge in [0.25, 0.3) is 5.56 Å². The van der Waals surface area contributed by atoms with Crippen LogP contribution in [0.1, 0.15) is 36.8 Å². The molecule has 0 bridgehead atoms. The van der Waals surface area contributed by atoms with Crippen molar-refractivity contribution < 1.29 is 4.74 Å². The Bertz CT molecular complexity index is 1300. The van der Waals surface area contributed by atoms with Gasteiger partial charge in [-0.1, -0.05) is 60.8 Å². The summed E-state index contributed by atoms with van der Waals surface area (Å²) < 4.78 is 6.72. The van der Waals surface area contributed by atoms with Crippen molar-refractivity contribution in [3.05, 3.63) is 78.9 Å². The molecular formula is C22H19Cl3N4O2. The SMILES string of the molecule is COc1ccc(Cc2nc3c(c(C(C)C)nn3-c3c(Cl)cc(Cl)cc3Cl)c(=O)[nH]2)cc1. The van der Waals surface area contributed by atoms with E-state index in [1.165, 1.54) is 4.68 Å². The molecule has 4 aromatic rings. The van der Waals surface area contributed by atoms with Crippen LogP contribution < -0.4 is 10.3 Å². The molecule has 0 spiro atoms. The summed E-state index contributed by atoms with van der Waals surface area (Å²) in [6, 6.07) is 10.7. The van der Waals surface area contributed by atoms with Crippen molar-refractivity contribution in [2.24, 2.45) is 0 Å². The molecule has 2 aromatic heterocycles. The van der Waals surface area contributed by atoms with E-state index < -0.39 is 0 Å². The first kappa shape index (κ1) is 21.7. The molecule has 0 aliphatic carbocycles. The average Bonchev–Trinajstić information content (AvgIpc) is 3.08. The van der Waals surface area contributed by atoms with E-state index in [1.54, 1.807) is 19.2 Å². The number of H-pyrrole nitrogens is 1. The fraction of sp³-hybridized carbons (Fsp3) is 0.227. The zero-order valence-corrected chi connectivity index (χ0v) is 19.3. The summed E-state index contributed by atoms with van der Waals surface area (Å²) in [6.07, 6.45) is 0.430. The second-order valence-electron chi connectivity index (χ2n) is 7.41. The van der Waals surface area contributed by atoms with E-state index in [9.17, 15) is 4.79 Å². The van der Waals surface area contributed by atoms with Crippen LogP contribution in [-0.2, 0) is 6.42 Å². The van der Waals surface area contributed by atoms with Crippen LogP contribution in [-0.4, -0.2) is 26.9 Å². The van der Waals surface area contributed by atoms with Crippen molar-refractivity contribution in [2.75, 3.05) is 7.11 Å². The van der Waals surface area contributed by atoms with Gasteiger partial charge < -0.3 is 9.72 Å². The first-order chi connectivity index (χ1) is 14.8. The molecule has 1 N–H and O–H groups in total. The fourth-order valence-corrected chi connectivity index (χ4v) is 4.39. The van der Waals surface area contributed by atoms with Gasteiger partial charge in [-0.2, -0.15) is 5.10 Å². The molecule has 0 saturated carbocycles. The number of nitrogens with zero attached hydrogens (tertiary/aromatic N) is 3. The molecular weight excluding hydrogens is 459 g/mol. The third-order valence-corrected chi connectivity index (χ3v) is 5.68. The number of aromatic amines is 1. The smallest absolute Gasteiger partial charge is 0.262 e. The lowest BCUT2D eigenvalue weighted by molar-refractivity contribution is 0.414. The molecule has 2 heterocycles. The monoisotopic (exact) mass is 476 g/mol. The maximum absolute atomic E-state index is 13.0. The standard InChI is InChI=1S/C22H19Cl3N4O2/c1-11(2)19-18-21(29(28-19)20-15(24)9-13(23)10-16(20)25)26-17(27-22(18)30)8-12-4-6-14(31-3)7-5-12/h4-7,9-11H,8H2,1-3H3,(H,26,27,30). The Kier molecular flexibility index (Phi) is 5.97. The largest absolute Gasteiger partial charge is 0.497 e. The molecule has 0 unspecified atom stereocenters. The number of aromatic nitrogens is 4. The van der Waals surface area contributed by atoms with Gasteiger partial charge in [-0.15, -0.1) is 0 Å². The summed E-state index contributed by atoms with van der Waals surface area (Å²) in [5, 5.41) is 6.10. The minimum atomic E-state index is -0.260. The highest BCUT2D eigenvalue weighted by atomic mass is 35.5. The lowest BCUT2D eigenvalue weighted by atomic mass is 10.1. The summed E-state index contributed by atoms with van der Waals surface area (Å²) >= 11 is 19.0. The molecule has 31 heavy (non-hydrogen) atoms. The average molecular weight is 478 g/mol. The Hall–Kier alpha value is -2.54. The van der Waals surface area contributed by atoms with Gasteiger partial charge in [0.15, 0.2) is 5.65 Å². The number of nitrogens with one attached hydrogen (secondary N) is 1. The van der Waals surface area contributed by atoms with Crippen molar-refractivity contribution in [3.63, 3.8) is 0 Å². The maximum atomic E-state index is 13.0. The minimum absolute atomic E-state index is 0.0102. The molecule has 0 atom stereocenters. The normalized spacial score (nSPS) is 11.5. The van der Waals surface area contributed by atoms with Crippen LogP contribution >= 0.6 is 34.8 Å². The molecule has 0 fully saturated rings. The first-order valence-electron chi connectivity index (χ1n) is 9.58. The number of rotatable bonds is 5. The number of hydrogen-bond donors (Lipinski definition) is 1. The predicted octanol–water partition coefficient (Wildman–Crippen LogP) is 5.79. The molecule has 0 aliphatic heterocycles. The summed E-state index contributed by atoms with van der Waals surface area (Å²) in [6.45, 7) is 3.92. The highest BCUT2D eigenvalue weighted by Gasteiger charge is 2.22. The predicted molar refractivity (Wildman–Crippen MR) is 124 cm³/mol. The molecule has 160 valence electrons. The van der Waals surface area contributed by atoms with Gasteiger partial charge in [0.2, 0.25) is 0 Å². The van der Waals surface area contributed by atoms with Gasteiger partial charge in [-0.05, 0) is 35.7 Å². The van der Waals surface area contributed by atoms with Gasteiger partial charge in [-0.3, -0.25) is 4.79 Å². The van der Waals surface area contributed by atoms with Crippen molar-refractivity contribution in [1.82, 2.24) is 19.7 Å². The number of benzene rings is 2. The quantitative estimate of drug-likeness (QED) is 0.395. The molecule has 0 amide bonds. The van der Waals surface area contributed by atoms with E-state index in [2.05, 4.69) is 10.1 Å². The van der Waals surface area contributed by atoms with Crippen LogP contribution in [0.15, 0.2) is 41.2 Å². The van der Waals surface area contributed by atoms with Crippen molar-refractivity contribution in [3.8, 4) is 11.4 Å². The van der Waals surface area contributed by atoms with Crippen molar-refractivity contribution in [1.29, 1.82) is 0 Å². The number of fused-ring (bicyclic) bond motifs is 1. The van der Waals surface area contributed by atoms with E-state index in [-0.39, 0.29) is 11.5 Å². The van der Waals surface area contributed by atoms with Gasteiger partial charge >= 0.3 is 0 Å². The lowest BCUT2D eigenvalue weighted by Gasteiger charge is -2.09. The number of halogens is 3. The van der Waals surface area contributed by atoms with E-state index in [0.717, 1.165) is 11.3 Å². The van der Waals surface area contributed by atoms with Crippen LogP contribution in [0.4, 0.5) is 0 Å². The maximum Gasteiger partial charge on any atom is 0.262 e. The molecule has 2 aromatic carbocycles. The Morgan fingerprint density at radius 3 is 2.32 bits per heavy atom. The third kappa shape index (κ3) is 4.15. The first-order valence-corrected chi connectivity index (χ1v) is 10.7. The molecule has 9 heteroatoms. The zero-order valence-electron chi connectivity index (χ0n) is 17.0. The molecule has 0 radical (unpaired) electrons. The third-order valence-electron chi connectivity index (χ3n) is 4.88. The summed E-state index contributed by atoms with van der Waals surface area (Å²) in [4.78, 5) is 20.6. The van der Waals surface area contributed by atoms with Crippen LogP contribution in [0.25, 0.3) is 16.7 Å². The minimum Gasteiger partial charge on any atom is -0.497 e. The van der Waals surface area contributed by atoms with Gasteiger partial charge in [0.1, 0.15) is 22.6 Å². The van der Waals surface area contributed by atoms with E-state index >= 15 is 0 Å². The Morgan fingerprint density at radius 2 is 1.74 bits per heavy atom. The lowest BCUT2D eigenvalue weighted by Crippen LogP contribution is -2.14. The summed E-state index contributed by atoms with van der Waals surface area (Å²) in [5.74, 6) is 1.25. The zero-order chi connectivity index (χ0) is 22.3. The summed E-state index contributed by atoms with van der Waals surface area (Å²) in [7, 11) is 1.61. The van der Waals surface area contributed by atoms with E-state index in [4.69, 9.17) is 44.5 Å². The summed E-state index contributed by atoms with van der Waals surface area (Å²) in [5.41, 5.74) is 2.15. The van der Waals surface area contributed by atoms with Crippen LogP contribution in [0, 0.1) is 0 Å². The van der Waals surface area contributed by atoms with Gasteiger partial charge in [0.05, 0.1) is 22.8 Å². The molecule has 4 rings (SSSR count). The Labute approximate surface area is 193 Å². The second-order valence-corrected chi connectivity index (χ2v) is 8.66. The van der Waals surface area contributed by atoms with E-state index in [0.29, 0.717) is 49.7 Å².